The maximum absolute atomic E-state index is 14.1. The van der Waals surface area contributed by atoms with Crippen LogP contribution in [-0.2, 0) is 16.4 Å². The van der Waals surface area contributed by atoms with E-state index in [4.69, 9.17) is 9.97 Å². The van der Waals surface area contributed by atoms with Gasteiger partial charge in [0.2, 0.25) is 9.84 Å². The maximum atomic E-state index is 14.1. The van der Waals surface area contributed by atoms with Gasteiger partial charge in [0, 0.05) is 16.6 Å². The lowest BCUT2D eigenvalue weighted by molar-refractivity contribution is 0.102. The van der Waals surface area contributed by atoms with Crippen molar-refractivity contribution >= 4 is 59.7 Å². The van der Waals surface area contributed by atoms with Crippen molar-refractivity contribution in [3.05, 3.63) is 88.4 Å². The molecular weight excluding hydrogens is 552 g/mol. The van der Waals surface area contributed by atoms with Crippen molar-refractivity contribution in [3.63, 3.8) is 0 Å². The van der Waals surface area contributed by atoms with Crippen LogP contribution in [0, 0.1) is 6.92 Å². The van der Waals surface area contributed by atoms with Gasteiger partial charge in [0.15, 0.2) is 5.65 Å². The van der Waals surface area contributed by atoms with Gasteiger partial charge < -0.3 is 9.88 Å². The second kappa shape index (κ2) is 10.1. The molecule has 5 rings (SSSR count). The molecule has 2 aromatic heterocycles. The smallest absolute Gasteiger partial charge is 0.256 e. The molecule has 3 aromatic carbocycles. The highest BCUT2D eigenvalue weighted by molar-refractivity contribution is 9.10. The Hall–Kier alpha value is -3.56. The number of carbonyl (C=O) groups is 1. The summed E-state index contributed by atoms with van der Waals surface area (Å²) in [5.41, 5.74) is 3.22. The van der Waals surface area contributed by atoms with Crippen LogP contribution in [0.3, 0.4) is 0 Å². The first-order valence-corrected chi connectivity index (χ1v) is 14.2. The minimum Gasteiger partial charge on any atom is -0.309 e. The van der Waals surface area contributed by atoms with Crippen LogP contribution in [0.1, 0.15) is 35.7 Å². The number of anilines is 1. The van der Waals surface area contributed by atoms with Crippen LogP contribution in [0.5, 0.6) is 0 Å². The molecule has 0 aliphatic heterocycles. The summed E-state index contributed by atoms with van der Waals surface area (Å²) in [6.45, 7) is 4.42. The zero-order chi connectivity index (χ0) is 26.2. The highest BCUT2D eigenvalue weighted by atomic mass is 79.9. The van der Waals surface area contributed by atoms with E-state index in [9.17, 15) is 13.2 Å². The van der Waals surface area contributed by atoms with E-state index in [0.29, 0.717) is 28.8 Å². The van der Waals surface area contributed by atoms with Crippen molar-refractivity contribution in [1.29, 1.82) is 0 Å². The third-order valence-corrected chi connectivity index (χ3v) is 8.47. The number of carbonyl (C=O) groups excluding carboxylic acids is 1. The van der Waals surface area contributed by atoms with Gasteiger partial charge in [0.25, 0.3) is 5.91 Å². The zero-order valence-electron chi connectivity index (χ0n) is 20.4. The van der Waals surface area contributed by atoms with Gasteiger partial charge in [-0.05, 0) is 55.8 Å². The molecule has 0 spiro atoms. The summed E-state index contributed by atoms with van der Waals surface area (Å²) < 4.78 is 30.8. The van der Waals surface area contributed by atoms with Crippen molar-refractivity contribution in [2.75, 3.05) is 5.32 Å². The summed E-state index contributed by atoms with van der Waals surface area (Å²) in [5, 5.41) is 2.91. The first-order chi connectivity index (χ1) is 17.8. The molecule has 2 heterocycles. The number of sulfone groups is 1. The molecule has 1 N–H and O–H groups in total. The van der Waals surface area contributed by atoms with E-state index in [1.165, 1.54) is 0 Å². The standard InChI is InChI=1S/C28H25BrN4O3S/c1-3-4-16-33-26-24(30-22-10-5-6-11-23(22)31-26)25(37(35,36)21-14-12-18(2)13-15-21)27(33)32-28(34)19-8-7-9-20(29)17-19/h5-15,17H,3-4,16H2,1-2H3,(H,32,34). The second-order valence-electron chi connectivity index (χ2n) is 8.85. The first kappa shape index (κ1) is 25.1. The summed E-state index contributed by atoms with van der Waals surface area (Å²) in [6.07, 6.45) is 1.64. The van der Waals surface area contributed by atoms with Crippen LogP contribution in [0.2, 0.25) is 0 Å². The van der Waals surface area contributed by atoms with Crippen LogP contribution in [-0.4, -0.2) is 28.9 Å². The summed E-state index contributed by atoms with van der Waals surface area (Å²) in [4.78, 5) is 23.0. The number of nitrogens with one attached hydrogen (secondary N) is 1. The van der Waals surface area contributed by atoms with E-state index in [1.54, 1.807) is 53.1 Å². The Morgan fingerprint density at radius 1 is 0.973 bits per heavy atom. The fourth-order valence-electron chi connectivity index (χ4n) is 4.23. The molecule has 0 atom stereocenters. The topological polar surface area (TPSA) is 94.0 Å². The van der Waals surface area contributed by atoms with E-state index >= 15 is 0 Å². The predicted octanol–water partition coefficient (Wildman–Crippen LogP) is 6.54. The molecule has 7 nitrogen and oxygen atoms in total. The Bertz CT molecular complexity index is 1750. The average molecular weight is 578 g/mol. The zero-order valence-corrected chi connectivity index (χ0v) is 22.8. The van der Waals surface area contributed by atoms with E-state index < -0.39 is 15.7 Å². The van der Waals surface area contributed by atoms with Gasteiger partial charge >= 0.3 is 0 Å². The molecule has 0 aliphatic carbocycles. The Morgan fingerprint density at radius 2 is 1.68 bits per heavy atom. The molecular formula is C28H25BrN4O3S. The molecule has 1 amide bonds. The fraction of sp³-hybridized carbons (Fsp3) is 0.179. The molecule has 0 fully saturated rings. The number of nitrogens with zero attached hydrogens (tertiary/aromatic N) is 3. The third-order valence-electron chi connectivity index (χ3n) is 6.16. The molecule has 0 aliphatic rings. The van der Waals surface area contributed by atoms with Gasteiger partial charge in [-0.1, -0.05) is 65.2 Å². The number of para-hydroxylation sites is 2. The number of hydrogen-bond donors (Lipinski definition) is 1. The van der Waals surface area contributed by atoms with Gasteiger partial charge in [-0.3, -0.25) is 4.79 Å². The largest absolute Gasteiger partial charge is 0.309 e. The van der Waals surface area contributed by atoms with Crippen LogP contribution >= 0.6 is 15.9 Å². The van der Waals surface area contributed by atoms with E-state index in [1.807, 2.05) is 31.2 Å². The van der Waals surface area contributed by atoms with Gasteiger partial charge in [0.05, 0.1) is 15.9 Å². The lowest BCUT2D eigenvalue weighted by Crippen LogP contribution is -2.18. The van der Waals surface area contributed by atoms with Gasteiger partial charge in [-0.15, -0.1) is 0 Å². The van der Waals surface area contributed by atoms with Crippen LogP contribution in [0.15, 0.2) is 87.1 Å². The Kier molecular flexibility index (Phi) is 6.83. The number of unbranched alkanes of at least 4 members (excludes halogenated alkanes) is 1. The lowest BCUT2D eigenvalue weighted by atomic mass is 10.2. The quantitative estimate of drug-likeness (QED) is 0.237. The number of rotatable bonds is 7. The SMILES string of the molecule is CCCCn1c(NC(=O)c2cccc(Br)c2)c(S(=O)(=O)c2ccc(C)cc2)c2nc3ccccc3nc21. The predicted molar refractivity (Wildman–Crippen MR) is 149 cm³/mol. The van der Waals surface area contributed by atoms with Gasteiger partial charge in [-0.2, -0.15) is 0 Å². The average Bonchev–Trinajstić information content (AvgIpc) is 3.18. The Balaban J connectivity index is 1.81. The van der Waals surface area contributed by atoms with Crippen LogP contribution in [0.4, 0.5) is 5.82 Å². The molecule has 0 bridgehead atoms. The van der Waals surface area contributed by atoms with Crippen molar-refractivity contribution < 1.29 is 13.2 Å². The van der Waals surface area contributed by atoms with Crippen LogP contribution < -0.4 is 5.32 Å². The molecule has 0 saturated carbocycles. The fourth-order valence-corrected chi connectivity index (χ4v) is 6.17. The van der Waals surface area contributed by atoms with Gasteiger partial charge in [-0.25, -0.2) is 18.4 Å². The second-order valence-corrected chi connectivity index (χ2v) is 11.7. The molecule has 0 unspecified atom stereocenters. The number of aryl methyl sites for hydroxylation is 2. The first-order valence-electron chi connectivity index (χ1n) is 12.0. The number of hydrogen-bond acceptors (Lipinski definition) is 5. The summed E-state index contributed by atoms with van der Waals surface area (Å²) >= 11 is 3.40. The Morgan fingerprint density at radius 3 is 2.35 bits per heavy atom. The number of halogens is 1. The van der Waals surface area contributed by atoms with Crippen molar-refractivity contribution in [2.45, 2.75) is 43.0 Å². The van der Waals surface area contributed by atoms with E-state index in [2.05, 4.69) is 28.2 Å². The molecule has 0 saturated heterocycles. The molecule has 9 heteroatoms. The van der Waals surface area contributed by atoms with E-state index in [0.717, 1.165) is 22.9 Å². The number of fused-ring (bicyclic) bond motifs is 2. The Labute approximate surface area is 223 Å². The summed E-state index contributed by atoms with van der Waals surface area (Å²) in [6, 6.07) is 20.9. The maximum Gasteiger partial charge on any atom is 0.256 e. The van der Waals surface area contributed by atoms with Crippen molar-refractivity contribution in [3.8, 4) is 0 Å². The third kappa shape index (κ3) is 4.76. The molecule has 188 valence electrons. The summed E-state index contributed by atoms with van der Waals surface area (Å²) in [7, 11) is -4.07. The van der Waals surface area contributed by atoms with Crippen LogP contribution in [0.25, 0.3) is 22.2 Å². The normalized spacial score (nSPS) is 11.8. The number of benzene rings is 3. The highest BCUT2D eigenvalue weighted by Crippen LogP contribution is 2.37. The van der Waals surface area contributed by atoms with Gasteiger partial charge in [0.1, 0.15) is 16.2 Å². The summed E-state index contributed by atoms with van der Waals surface area (Å²) in [5.74, 6) is -0.254. The van der Waals surface area contributed by atoms with Crippen molar-refractivity contribution in [1.82, 2.24) is 14.5 Å². The molecule has 5 aromatic rings. The monoisotopic (exact) mass is 576 g/mol. The highest BCUT2D eigenvalue weighted by Gasteiger charge is 2.32. The van der Waals surface area contributed by atoms with Crippen molar-refractivity contribution in [2.24, 2.45) is 0 Å². The molecule has 0 radical (unpaired) electrons. The lowest BCUT2D eigenvalue weighted by Gasteiger charge is -2.13. The van der Waals surface area contributed by atoms with E-state index in [-0.39, 0.29) is 21.1 Å². The minimum absolute atomic E-state index is 0.0518. The number of amides is 1. The minimum atomic E-state index is -4.07. The molecule has 37 heavy (non-hydrogen) atoms. The number of aromatic nitrogens is 3.